The van der Waals surface area contributed by atoms with Gasteiger partial charge in [0, 0.05) is 13.6 Å². The lowest BCUT2D eigenvalue weighted by molar-refractivity contribution is 0.292. The molecule has 21 heavy (non-hydrogen) atoms. The summed E-state index contributed by atoms with van der Waals surface area (Å²) in [4.78, 5) is 4.82. The number of halogens is 1. The lowest BCUT2D eigenvalue weighted by Gasteiger charge is -2.25. The van der Waals surface area contributed by atoms with E-state index in [-0.39, 0.29) is 10.8 Å². The van der Waals surface area contributed by atoms with Gasteiger partial charge < -0.3 is 4.57 Å². The lowest BCUT2D eigenvalue weighted by Crippen LogP contribution is -2.21. The van der Waals surface area contributed by atoms with Crippen LogP contribution in [-0.4, -0.2) is 19.3 Å². The summed E-state index contributed by atoms with van der Waals surface area (Å²) in [6.45, 7) is 11.9. The van der Waals surface area contributed by atoms with Gasteiger partial charge >= 0.3 is 0 Å². The van der Waals surface area contributed by atoms with Gasteiger partial charge in [-0.3, -0.25) is 4.68 Å². The summed E-state index contributed by atoms with van der Waals surface area (Å²) in [7, 11) is 2.00. The van der Waals surface area contributed by atoms with Gasteiger partial charge in [-0.05, 0) is 25.2 Å². The van der Waals surface area contributed by atoms with Crippen molar-refractivity contribution in [1.29, 1.82) is 0 Å². The van der Waals surface area contributed by atoms with Crippen LogP contribution in [0.2, 0.25) is 0 Å². The van der Waals surface area contributed by atoms with Crippen LogP contribution in [0.15, 0.2) is 0 Å². The molecule has 0 saturated carbocycles. The van der Waals surface area contributed by atoms with Crippen LogP contribution in [0, 0.1) is 5.41 Å². The van der Waals surface area contributed by atoms with Gasteiger partial charge in [0.2, 0.25) is 0 Å². The SMILES string of the molecule is CCCc1nn(C)c2c1nc(C(C)Cl)n2CC(C)(C)CC. The fourth-order valence-electron chi connectivity index (χ4n) is 2.66. The first-order valence-electron chi connectivity index (χ1n) is 7.86. The van der Waals surface area contributed by atoms with Gasteiger partial charge in [0.25, 0.3) is 0 Å². The smallest absolute Gasteiger partial charge is 0.158 e. The Balaban J connectivity index is 2.62. The van der Waals surface area contributed by atoms with Gasteiger partial charge in [-0.25, -0.2) is 4.98 Å². The minimum absolute atomic E-state index is 0.0977. The Hall–Kier alpha value is -1.03. The summed E-state index contributed by atoms with van der Waals surface area (Å²) >= 11 is 6.38. The first kappa shape index (κ1) is 16.3. The third-order valence-corrected chi connectivity index (χ3v) is 4.40. The number of aromatic nitrogens is 4. The maximum Gasteiger partial charge on any atom is 0.158 e. The Labute approximate surface area is 132 Å². The van der Waals surface area contributed by atoms with Crippen molar-refractivity contribution in [2.24, 2.45) is 12.5 Å². The van der Waals surface area contributed by atoms with Gasteiger partial charge in [-0.2, -0.15) is 5.10 Å². The molecule has 4 nitrogen and oxygen atoms in total. The average Bonchev–Trinajstić information content (AvgIpc) is 2.90. The molecule has 5 heteroatoms. The normalized spacial score (nSPS) is 14.0. The van der Waals surface area contributed by atoms with E-state index in [1.165, 1.54) is 0 Å². The van der Waals surface area contributed by atoms with Gasteiger partial charge in [0.15, 0.2) is 5.65 Å². The molecule has 0 radical (unpaired) electrons. The van der Waals surface area contributed by atoms with Crippen LogP contribution in [0.1, 0.15) is 64.4 Å². The van der Waals surface area contributed by atoms with Crippen LogP contribution >= 0.6 is 11.6 Å². The first-order chi connectivity index (χ1) is 9.80. The molecule has 0 fully saturated rings. The molecule has 0 aliphatic rings. The third-order valence-electron chi connectivity index (χ3n) is 4.21. The maximum atomic E-state index is 6.38. The molecule has 0 spiro atoms. The molecule has 2 aromatic rings. The number of aryl methyl sites for hydroxylation is 2. The maximum absolute atomic E-state index is 6.38. The highest BCUT2D eigenvalue weighted by Gasteiger charge is 2.25. The average molecular weight is 311 g/mol. The molecule has 0 saturated heterocycles. The van der Waals surface area contributed by atoms with Crippen LogP contribution in [0.5, 0.6) is 0 Å². The second-order valence-electron chi connectivity index (χ2n) is 6.68. The number of hydrogen-bond acceptors (Lipinski definition) is 2. The molecular formula is C16H27ClN4. The van der Waals surface area contributed by atoms with E-state index >= 15 is 0 Å². The summed E-state index contributed by atoms with van der Waals surface area (Å²) in [5, 5.41) is 4.55. The molecule has 0 aromatic carbocycles. The highest BCUT2D eigenvalue weighted by molar-refractivity contribution is 6.20. The predicted octanol–water partition coefficient (Wildman–Crippen LogP) is 4.46. The summed E-state index contributed by atoms with van der Waals surface area (Å²) in [6, 6.07) is 0. The van der Waals surface area contributed by atoms with E-state index in [2.05, 4.69) is 37.4 Å². The summed E-state index contributed by atoms with van der Waals surface area (Å²) in [6.07, 6.45) is 3.15. The molecular weight excluding hydrogens is 284 g/mol. The minimum atomic E-state index is -0.0977. The highest BCUT2D eigenvalue weighted by Crippen LogP contribution is 2.31. The number of alkyl halides is 1. The van der Waals surface area contributed by atoms with E-state index in [1.54, 1.807) is 0 Å². The van der Waals surface area contributed by atoms with Gasteiger partial charge in [0.05, 0.1) is 11.1 Å². The number of hydrogen-bond donors (Lipinski definition) is 0. The van der Waals surface area contributed by atoms with Crippen molar-refractivity contribution in [3.05, 3.63) is 11.5 Å². The van der Waals surface area contributed by atoms with E-state index in [9.17, 15) is 0 Å². The van der Waals surface area contributed by atoms with Crippen LogP contribution in [0.3, 0.4) is 0 Å². The summed E-state index contributed by atoms with van der Waals surface area (Å²) in [5.41, 5.74) is 3.42. The second kappa shape index (κ2) is 5.99. The summed E-state index contributed by atoms with van der Waals surface area (Å²) < 4.78 is 4.23. The Bertz CT molecular complexity index is 622. The first-order valence-corrected chi connectivity index (χ1v) is 8.30. The number of nitrogens with zero attached hydrogens (tertiary/aromatic N) is 4. The molecule has 118 valence electrons. The monoisotopic (exact) mass is 310 g/mol. The largest absolute Gasteiger partial charge is 0.311 e. The summed E-state index contributed by atoms with van der Waals surface area (Å²) in [5.74, 6) is 0.957. The number of fused-ring (bicyclic) bond motifs is 1. The van der Waals surface area contributed by atoms with Crippen molar-refractivity contribution < 1.29 is 0 Å². The van der Waals surface area contributed by atoms with Crippen molar-refractivity contribution in [1.82, 2.24) is 19.3 Å². The van der Waals surface area contributed by atoms with Crippen LogP contribution in [0.25, 0.3) is 11.2 Å². The van der Waals surface area contributed by atoms with Crippen LogP contribution in [0.4, 0.5) is 0 Å². The van der Waals surface area contributed by atoms with Crippen LogP contribution in [-0.2, 0) is 20.0 Å². The lowest BCUT2D eigenvalue weighted by atomic mass is 9.90. The molecule has 0 bridgehead atoms. The van der Waals surface area contributed by atoms with Crippen molar-refractivity contribution >= 4 is 22.8 Å². The minimum Gasteiger partial charge on any atom is -0.311 e. The fourth-order valence-corrected chi connectivity index (χ4v) is 2.83. The molecule has 2 aromatic heterocycles. The molecule has 0 N–H and O–H groups in total. The number of imidazole rings is 1. The van der Waals surface area contributed by atoms with Gasteiger partial charge in [-0.1, -0.05) is 34.1 Å². The highest BCUT2D eigenvalue weighted by atomic mass is 35.5. The van der Waals surface area contributed by atoms with E-state index in [0.717, 1.165) is 48.5 Å². The third kappa shape index (κ3) is 3.10. The van der Waals surface area contributed by atoms with E-state index in [4.69, 9.17) is 16.6 Å². The van der Waals surface area contributed by atoms with E-state index in [0.29, 0.717) is 0 Å². The second-order valence-corrected chi connectivity index (χ2v) is 7.34. The Kier molecular flexibility index (Phi) is 4.66. The standard InChI is InChI=1S/C16H27ClN4/c1-7-9-12-13-15(20(6)19-12)21(10-16(4,5)8-2)14(18-13)11(3)17/h11H,7-10H2,1-6H3. The molecule has 2 heterocycles. The Morgan fingerprint density at radius 1 is 1.29 bits per heavy atom. The number of rotatable bonds is 6. The van der Waals surface area contributed by atoms with Gasteiger partial charge in [-0.15, -0.1) is 11.6 Å². The molecule has 1 unspecified atom stereocenters. The van der Waals surface area contributed by atoms with Crippen molar-refractivity contribution in [2.45, 2.75) is 65.8 Å². The quantitative estimate of drug-likeness (QED) is 0.738. The topological polar surface area (TPSA) is 35.6 Å². The Morgan fingerprint density at radius 2 is 1.95 bits per heavy atom. The molecule has 0 amide bonds. The molecule has 1 atom stereocenters. The van der Waals surface area contributed by atoms with Crippen molar-refractivity contribution in [3.8, 4) is 0 Å². The molecule has 0 aliphatic carbocycles. The van der Waals surface area contributed by atoms with E-state index < -0.39 is 0 Å². The zero-order valence-electron chi connectivity index (χ0n) is 14.1. The molecule has 2 rings (SSSR count). The zero-order chi connectivity index (χ0) is 15.8. The Morgan fingerprint density at radius 3 is 2.48 bits per heavy atom. The fraction of sp³-hybridized carbons (Fsp3) is 0.750. The van der Waals surface area contributed by atoms with Crippen molar-refractivity contribution in [2.75, 3.05) is 0 Å². The predicted molar refractivity (Wildman–Crippen MR) is 88.8 cm³/mol. The van der Waals surface area contributed by atoms with E-state index in [1.807, 2.05) is 18.7 Å². The molecule has 0 aliphatic heterocycles. The zero-order valence-corrected chi connectivity index (χ0v) is 14.8. The van der Waals surface area contributed by atoms with Crippen LogP contribution < -0.4 is 0 Å². The van der Waals surface area contributed by atoms with Crippen molar-refractivity contribution in [3.63, 3.8) is 0 Å². The van der Waals surface area contributed by atoms with Gasteiger partial charge in [0.1, 0.15) is 11.3 Å².